The van der Waals surface area contributed by atoms with Crippen molar-refractivity contribution in [3.8, 4) is 6.07 Å². The molecule has 0 atom stereocenters. The van der Waals surface area contributed by atoms with Crippen LogP contribution in [0, 0.1) is 11.3 Å². The minimum absolute atomic E-state index is 0.0158. The van der Waals surface area contributed by atoms with Crippen LogP contribution in [-0.4, -0.2) is 30.7 Å². The molecule has 0 radical (unpaired) electrons. The smallest absolute Gasteiger partial charge is 0.354 e. The normalized spacial score (nSPS) is 17.6. The Kier molecular flexibility index (Phi) is 3.75. The van der Waals surface area contributed by atoms with Crippen LogP contribution >= 0.6 is 0 Å². The maximum Gasteiger partial charge on any atom is 0.406 e. The fourth-order valence-electron chi connectivity index (χ4n) is 1.26. The first kappa shape index (κ1) is 12.8. The van der Waals surface area contributed by atoms with Gasteiger partial charge in [0.15, 0.2) is 0 Å². The zero-order valence-electron chi connectivity index (χ0n) is 8.52. The molecule has 1 fully saturated rings. The topological polar surface area (TPSA) is 64.9 Å². The van der Waals surface area contributed by atoms with Gasteiger partial charge in [-0.3, -0.25) is 10.1 Å². The average Bonchev–Trinajstić information content (AvgIpc) is 2.95. The minimum Gasteiger partial charge on any atom is -0.354 e. The molecule has 7 heteroatoms. The first-order valence-electron chi connectivity index (χ1n) is 4.87. The monoisotopic (exact) mass is 235 g/mol. The van der Waals surface area contributed by atoms with E-state index in [2.05, 4.69) is 10.6 Å². The molecule has 4 nitrogen and oxygen atoms in total. The van der Waals surface area contributed by atoms with Gasteiger partial charge in [0.05, 0.1) is 19.0 Å². The van der Waals surface area contributed by atoms with Crippen LogP contribution in [0.2, 0.25) is 0 Å². The van der Waals surface area contributed by atoms with Crippen molar-refractivity contribution in [2.75, 3.05) is 13.1 Å². The summed E-state index contributed by atoms with van der Waals surface area (Å²) >= 11 is 0. The van der Waals surface area contributed by atoms with Gasteiger partial charge in [-0.15, -0.1) is 0 Å². The number of hydrogen-bond donors (Lipinski definition) is 2. The van der Waals surface area contributed by atoms with Crippen LogP contribution in [0.1, 0.15) is 19.3 Å². The highest BCUT2D eigenvalue weighted by Crippen LogP contribution is 2.48. The molecule has 0 aliphatic heterocycles. The van der Waals surface area contributed by atoms with Crippen molar-refractivity contribution in [2.45, 2.75) is 31.0 Å². The molecule has 0 bridgehead atoms. The summed E-state index contributed by atoms with van der Waals surface area (Å²) in [6, 6.07) is 1.82. The van der Waals surface area contributed by atoms with Crippen LogP contribution in [-0.2, 0) is 4.79 Å². The van der Waals surface area contributed by atoms with Gasteiger partial charge in [0.1, 0.15) is 5.54 Å². The van der Waals surface area contributed by atoms with Crippen LogP contribution in [0.5, 0.6) is 0 Å². The largest absolute Gasteiger partial charge is 0.406 e. The molecule has 1 aliphatic rings. The van der Waals surface area contributed by atoms with E-state index in [1.54, 1.807) is 0 Å². The quantitative estimate of drug-likeness (QED) is 0.689. The lowest BCUT2D eigenvalue weighted by atomic mass is 10.2. The van der Waals surface area contributed by atoms with Gasteiger partial charge in [-0.1, -0.05) is 0 Å². The molecule has 0 saturated heterocycles. The second kappa shape index (κ2) is 4.70. The van der Waals surface area contributed by atoms with Gasteiger partial charge >= 0.3 is 6.18 Å². The maximum absolute atomic E-state index is 12.4. The Bertz CT molecular complexity index is 304. The van der Waals surface area contributed by atoms with Gasteiger partial charge in [0.2, 0.25) is 5.91 Å². The highest BCUT2D eigenvalue weighted by Gasteiger charge is 2.63. The van der Waals surface area contributed by atoms with E-state index in [0.29, 0.717) is 0 Å². The lowest BCUT2D eigenvalue weighted by molar-refractivity contribution is -0.166. The Balaban J connectivity index is 2.25. The number of hydrogen-bond acceptors (Lipinski definition) is 3. The number of nitrogens with zero attached hydrogens (tertiary/aromatic N) is 1. The lowest BCUT2D eigenvalue weighted by Crippen LogP contribution is -2.48. The lowest BCUT2D eigenvalue weighted by Gasteiger charge is -2.20. The van der Waals surface area contributed by atoms with E-state index in [0.717, 1.165) is 0 Å². The van der Waals surface area contributed by atoms with Gasteiger partial charge in [-0.05, 0) is 12.8 Å². The van der Waals surface area contributed by atoms with E-state index in [9.17, 15) is 18.0 Å². The molecular weight excluding hydrogens is 223 g/mol. The third-order valence-corrected chi connectivity index (χ3v) is 2.44. The Hall–Kier alpha value is -1.29. The van der Waals surface area contributed by atoms with Gasteiger partial charge in [-0.25, -0.2) is 0 Å². The number of carbonyl (C=O) groups is 1. The minimum atomic E-state index is -4.31. The van der Waals surface area contributed by atoms with Crippen LogP contribution in [0.25, 0.3) is 0 Å². The van der Waals surface area contributed by atoms with Crippen LogP contribution in [0.4, 0.5) is 13.2 Å². The number of halogens is 3. The highest BCUT2D eigenvalue weighted by atomic mass is 19.4. The summed E-state index contributed by atoms with van der Waals surface area (Å²) in [6.07, 6.45) is -4.12. The number of amides is 1. The maximum atomic E-state index is 12.4. The molecule has 2 N–H and O–H groups in total. The Morgan fingerprint density at radius 3 is 2.50 bits per heavy atom. The van der Waals surface area contributed by atoms with Crippen molar-refractivity contribution in [1.82, 2.24) is 10.6 Å². The Morgan fingerprint density at radius 2 is 2.06 bits per heavy atom. The molecular formula is C9H12F3N3O. The standard InChI is InChI=1S/C9H12F3N3O/c10-9(11,12)8(2-3-8)15-6-7(16)14-5-1-4-13/h15H,1-3,5-6H2,(H,14,16). The Labute approximate surface area is 90.8 Å². The molecule has 1 amide bonds. The summed E-state index contributed by atoms with van der Waals surface area (Å²) in [5, 5.41) is 12.8. The van der Waals surface area contributed by atoms with Crippen molar-refractivity contribution in [3.05, 3.63) is 0 Å². The first-order valence-corrected chi connectivity index (χ1v) is 4.87. The molecule has 16 heavy (non-hydrogen) atoms. The Morgan fingerprint density at radius 1 is 1.44 bits per heavy atom. The average molecular weight is 235 g/mol. The number of alkyl halides is 3. The number of carbonyl (C=O) groups excluding carboxylic acids is 1. The third kappa shape index (κ3) is 3.10. The molecule has 90 valence electrons. The molecule has 0 spiro atoms. The van der Waals surface area contributed by atoms with Gasteiger partial charge in [-0.2, -0.15) is 18.4 Å². The molecule has 1 rings (SSSR count). The van der Waals surface area contributed by atoms with Crippen molar-refractivity contribution in [2.24, 2.45) is 0 Å². The summed E-state index contributed by atoms with van der Waals surface area (Å²) in [6.45, 7) is -0.207. The second-order valence-corrected chi connectivity index (χ2v) is 3.69. The fraction of sp³-hybridized carbons (Fsp3) is 0.778. The van der Waals surface area contributed by atoms with E-state index < -0.39 is 17.6 Å². The summed E-state index contributed by atoms with van der Waals surface area (Å²) in [5.41, 5.74) is -1.86. The summed E-state index contributed by atoms with van der Waals surface area (Å²) in [7, 11) is 0. The van der Waals surface area contributed by atoms with Crippen molar-refractivity contribution < 1.29 is 18.0 Å². The predicted molar refractivity (Wildman–Crippen MR) is 49.3 cm³/mol. The molecule has 1 aliphatic carbocycles. The molecule has 0 aromatic heterocycles. The van der Waals surface area contributed by atoms with Gasteiger partial charge in [0.25, 0.3) is 0 Å². The molecule has 0 heterocycles. The summed E-state index contributed by atoms with van der Waals surface area (Å²) < 4.78 is 37.2. The van der Waals surface area contributed by atoms with E-state index >= 15 is 0 Å². The van der Waals surface area contributed by atoms with E-state index in [1.807, 2.05) is 6.07 Å². The number of nitrogens with one attached hydrogen (secondary N) is 2. The fourth-order valence-corrected chi connectivity index (χ4v) is 1.26. The zero-order valence-corrected chi connectivity index (χ0v) is 8.52. The third-order valence-electron chi connectivity index (χ3n) is 2.44. The van der Waals surface area contributed by atoms with Crippen LogP contribution in [0.3, 0.4) is 0 Å². The SMILES string of the molecule is N#CCCNC(=O)CNC1(C(F)(F)F)CC1. The van der Waals surface area contributed by atoms with Crippen LogP contribution < -0.4 is 10.6 Å². The molecule has 0 aromatic carbocycles. The van der Waals surface area contributed by atoms with Crippen molar-refractivity contribution in [1.29, 1.82) is 5.26 Å². The second-order valence-electron chi connectivity index (χ2n) is 3.69. The van der Waals surface area contributed by atoms with Crippen molar-refractivity contribution >= 4 is 5.91 Å². The summed E-state index contributed by atoms with van der Waals surface area (Å²) in [5.74, 6) is -0.522. The predicted octanol–water partition coefficient (Wildman–Crippen LogP) is 0.701. The van der Waals surface area contributed by atoms with E-state index in [4.69, 9.17) is 5.26 Å². The van der Waals surface area contributed by atoms with Crippen LogP contribution in [0.15, 0.2) is 0 Å². The van der Waals surface area contributed by atoms with E-state index in [-0.39, 0.29) is 32.4 Å². The number of rotatable bonds is 5. The first-order chi connectivity index (χ1) is 7.41. The summed E-state index contributed by atoms with van der Waals surface area (Å²) in [4.78, 5) is 11.1. The van der Waals surface area contributed by atoms with Gasteiger partial charge in [0, 0.05) is 6.54 Å². The zero-order chi connectivity index (χ0) is 12.2. The molecule has 0 aromatic rings. The van der Waals surface area contributed by atoms with E-state index in [1.165, 1.54) is 0 Å². The number of nitriles is 1. The highest BCUT2D eigenvalue weighted by molar-refractivity contribution is 5.78. The molecule has 1 saturated carbocycles. The van der Waals surface area contributed by atoms with Crippen molar-refractivity contribution in [3.63, 3.8) is 0 Å². The molecule has 0 unspecified atom stereocenters. The van der Waals surface area contributed by atoms with Gasteiger partial charge < -0.3 is 5.32 Å².